The molecular weight excluding hydrogens is 467 g/mol. The van der Waals surface area contributed by atoms with Crippen molar-refractivity contribution in [2.75, 3.05) is 17.3 Å². The van der Waals surface area contributed by atoms with E-state index in [-0.39, 0.29) is 5.41 Å². The van der Waals surface area contributed by atoms with E-state index in [1.54, 1.807) is 0 Å². The first-order valence-corrected chi connectivity index (χ1v) is 10.9. The largest absolute Gasteiger partial charge is 0.743 e. The monoisotopic (exact) mass is 488 g/mol. The van der Waals surface area contributed by atoms with E-state index in [0.29, 0.717) is 16.7 Å². The molecule has 0 aliphatic heterocycles. The second kappa shape index (κ2) is 9.62. The van der Waals surface area contributed by atoms with Crippen LogP contribution in [0.2, 0.25) is 0 Å². The third-order valence-corrected chi connectivity index (χ3v) is 6.61. The van der Waals surface area contributed by atoms with Gasteiger partial charge in [0.1, 0.15) is 11.5 Å². The highest BCUT2D eigenvalue weighted by Crippen LogP contribution is 2.54. The molecule has 0 N–H and O–H groups in total. The summed E-state index contributed by atoms with van der Waals surface area (Å²) in [7, 11) is -7.08. The Balaban J connectivity index is 0. The van der Waals surface area contributed by atoms with Crippen LogP contribution in [0.5, 0.6) is 0 Å². The van der Waals surface area contributed by atoms with Gasteiger partial charge in [-0.3, -0.25) is 4.79 Å². The topological polar surface area (TPSA) is 74.3 Å². The Labute approximate surface area is 165 Å². The molecule has 15 heteroatoms. The number of carbonyl (C=O) groups excluding carboxylic acids is 1. The first-order chi connectivity index (χ1) is 12.4. The van der Waals surface area contributed by atoms with Crippen LogP contribution in [0.1, 0.15) is 34.6 Å². The Morgan fingerprint density at radius 1 is 0.828 bits per heavy atom. The van der Waals surface area contributed by atoms with Gasteiger partial charge < -0.3 is 4.55 Å². The van der Waals surface area contributed by atoms with Crippen LogP contribution in [0.25, 0.3) is 0 Å². The van der Waals surface area contributed by atoms with Crippen LogP contribution in [0.4, 0.5) is 39.5 Å². The Morgan fingerprint density at radius 3 is 1.38 bits per heavy atom. The zero-order chi connectivity index (χ0) is 24.3. The van der Waals surface area contributed by atoms with Crippen LogP contribution in [0.15, 0.2) is 0 Å². The average molecular weight is 488 g/mol. The van der Waals surface area contributed by atoms with Crippen molar-refractivity contribution in [2.24, 2.45) is 5.41 Å². The summed E-state index contributed by atoms with van der Waals surface area (Å²) in [5.74, 6) is -11.3. The standard InChI is InChI=1S/C10H21OS.C4HF9O3S/c1-6-12(7-2)8-9(11)10(3,4)5;5-1(6,3(9,10)11)2(7,8)4(12,13)17(14,15)16/h6-8H2,1-5H3;(H,14,15,16)/q+1;/p-1. The molecule has 0 rings (SSSR count). The van der Waals surface area contributed by atoms with Crippen LogP contribution in [0, 0.1) is 5.41 Å². The maximum absolute atomic E-state index is 12.2. The number of ketones is 1. The highest BCUT2D eigenvalue weighted by Gasteiger charge is 2.83. The molecule has 0 atom stereocenters. The summed E-state index contributed by atoms with van der Waals surface area (Å²) >= 11 is 0. The van der Waals surface area contributed by atoms with Gasteiger partial charge in [0.15, 0.2) is 21.7 Å². The molecule has 0 aromatic carbocycles. The summed E-state index contributed by atoms with van der Waals surface area (Å²) in [5.41, 5.74) is -0.143. The highest BCUT2D eigenvalue weighted by atomic mass is 32.2. The zero-order valence-electron chi connectivity index (χ0n) is 16.0. The lowest BCUT2D eigenvalue weighted by Crippen LogP contribution is -2.63. The zero-order valence-corrected chi connectivity index (χ0v) is 17.6. The summed E-state index contributed by atoms with van der Waals surface area (Å²) in [6.07, 6.45) is -7.16. The lowest BCUT2D eigenvalue weighted by atomic mass is 9.92. The van der Waals surface area contributed by atoms with Gasteiger partial charge in [-0.25, -0.2) is 8.42 Å². The lowest BCUT2D eigenvalue weighted by molar-refractivity contribution is -0.382. The summed E-state index contributed by atoms with van der Waals surface area (Å²) in [5, 5.41) is -7.11. The first-order valence-electron chi connectivity index (χ1n) is 7.74. The molecule has 0 saturated carbocycles. The fourth-order valence-electron chi connectivity index (χ4n) is 1.33. The van der Waals surface area contributed by atoms with Crippen molar-refractivity contribution in [3.8, 4) is 0 Å². The first kappa shape index (κ1) is 30.5. The Hall–Kier alpha value is -0.700. The van der Waals surface area contributed by atoms with E-state index >= 15 is 0 Å². The van der Waals surface area contributed by atoms with Crippen molar-refractivity contribution in [2.45, 2.75) is 57.9 Å². The van der Waals surface area contributed by atoms with Gasteiger partial charge in [-0.2, -0.15) is 39.5 Å². The molecule has 0 aromatic rings. The molecule has 0 aromatic heterocycles. The van der Waals surface area contributed by atoms with Crippen LogP contribution < -0.4 is 0 Å². The summed E-state index contributed by atoms with van der Waals surface area (Å²) in [4.78, 5) is 11.6. The van der Waals surface area contributed by atoms with E-state index < -0.39 is 33.4 Å². The van der Waals surface area contributed by atoms with Crippen molar-refractivity contribution >= 4 is 26.8 Å². The van der Waals surface area contributed by atoms with Crippen LogP contribution in [0.3, 0.4) is 0 Å². The second-order valence-corrected chi connectivity index (χ2v) is 10.7. The van der Waals surface area contributed by atoms with E-state index in [2.05, 4.69) is 13.8 Å². The molecule has 0 aliphatic rings. The molecule has 0 spiro atoms. The normalized spacial score (nSPS) is 14.5. The summed E-state index contributed by atoms with van der Waals surface area (Å²) in [6, 6.07) is 0. The Kier molecular flexibility index (Phi) is 10.1. The fraction of sp³-hybridized carbons (Fsp3) is 0.929. The molecule has 4 nitrogen and oxygen atoms in total. The number of alkyl halides is 9. The minimum atomic E-state index is -7.43. The minimum Gasteiger partial charge on any atom is -0.743 e. The van der Waals surface area contributed by atoms with E-state index in [1.807, 2.05) is 20.8 Å². The predicted molar refractivity (Wildman–Crippen MR) is 88.4 cm³/mol. The lowest BCUT2D eigenvalue weighted by Gasteiger charge is -2.34. The van der Waals surface area contributed by atoms with E-state index in [0.717, 1.165) is 17.3 Å². The highest BCUT2D eigenvalue weighted by molar-refractivity contribution is 7.97. The van der Waals surface area contributed by atoms with Crippen molar-refractivity contribution in [3.63, 3.8) is 0 Å². The summed E-state index contributed by atoms with van der Waals surface area (Å²) in [6.45, 7) is 10.3. The second-order valence-electron chi connectivity index (χ2n) is 6.62. The fourth-order valence-corrected chi connectivity index (χ4v) is 3.39. The Morgan fingerprint density at radius 2 is 1.17 bits per heavy atom. The Bertz CT molecular complexity index is 649. The molecule has 0 fully saturated rings. The van der Waals surface area contributed by atoms with Crippen molar-refractivity contribution < 1.29 is 57.3 Å². The van der Waals surface area contributed by atoms with Crippen LogP contribution in [-0.4, -0.2) is 59.3 Å². The maximum atomic E-state index is 12.2. The quantitative estimate of drug-likeness (QED) is 0.306. The van der Waals surface area contributed by atoms with Crippen molar-refractivity contribution in [1.82, 2.24) is 0 Å². The average Bonchev–Trinajstić information content (AvgIpc) is 2.49. The van der Waals surface area contributed by atoms with Crippen LogP contribution in [-0.2, 0) is 25.8 Å². The molecule has 0 amide bonds. The van der Waals surface area contributed by atoms with Crippen LogP contribution >= 0.6 is 0 Å². The molecular formula is C14H21F9O4S2. The molecule has 29 heavy (non-hydrogen) atoms. The molecule has 0 radical (unpaired) electrons. The van der Waals surface area contributed by atoms with E-state index in [4.69, 9.17) is 0 Å². The van der Waals surface area contributed by atoms with Crippen molar-refractivity contribution in [3.05, 3.63) is 0 Å². The molecule has 0 heterocycles. The molecule has 176 valence electrons. The molecule has 0 aliphatic carbocycles. The molecule has 0 bridgehead atoms. The maximum Gasteiger partial charge on any atom is 0.460 e. The number of Topliss-reactive ketones (excluding diaryl/α,β-unsaturated/α-hetero) is 1. The van der Waals surface area contributed by atoms with E-state index in [9.17, 15) is 57.3 Å². The summed E-state index contributed by atoms with van der Waals surface area (Å²) < 4.78 is 135. The number of rotatable bonds is 7. The third kappa shape index (κ3) is 7.19. The van der Waals surface area contributed by atoms with Gasteiger partial charge in [-0.15, -0.1) is 0 Å². The number of carbonyl (C=O) groups is 1. The molecule has 0 saturated heterocycles. The van der Waals surface area contributed by atoms with Gasteiger partial charge in [-0.1, -0.05) is 20.8 Å². The van der Waals surface area contributed by atoms with E-state index in [1.165, 1.54) is 0 Å². The number of hydrogen-bond acceptors (Lipinski definition) is 4. The molecule has 0 unspecified atom stereocenters. The SMILES string of the molecule is CC[S+](CC)CC(=O)C(C)(C)C.O=S(=O)([O-])C(F)(F)C(F)(F)C(F)(F)C(F)(F)F. The van der Waals surface area contributed by atoms with Gasteiger partial charge in [0.2, 0.25) is 0 Å². The van der Waals surface area contributed by atoms with Gasteiger partial charge in [0.05, 0.1) is 0 Å². The van der Waals surface area contributed by atoms with Gasteiger partial charge >= 0.3 is 23.3 Å². The van der Waals surface area contributed by atoms with Gasteiger partial charge in [0, 0.05) is 5.41 Å². The van der Waals surface area contributed by atoms with Crippen molar-refractivity contribution in [1.29, 1.82) is 0 Å². The van der Waals surface area contributed by atoms with Gasteiger partial charge in [-0.05, 0) is 24.7 Å². The number of hydrogen-bond donors (Lipinski definition) is 0. The van der Waals surface area contributed by atoms with Gasteiger partial charge in [0.25, 0.3) is 0 Å². The smallest absolute Gasteiger partial charge is 0.460 e. The predicted octanol–water partition coefficient (Wildman–Crippen LogP) is 4.22. The number of halogens is 9. The minimum absolute atomic E-state index is 0.143. The third-order valence-electron chi connectivity index (χ3n) is 3.42.